The Hall–Kier alpha value is -4.40. The van der Waals surface area contributed by atoms with E-state index < -0.39 is 11.2 Å². The first-order chi connectivity index (χ1) is 16.6. The van der Waals surface area contributed by atoms with Crippen molar-refractivity contribution in [2.45, 2.75) is 19.5 Å². The second-order valence-corrected chi connectivity index (χ2v) is 8.24. The molecule has 0 aliphatic carbocycles. The molecule has 0 unspecified atom stereocenters. The molecule has 2 aliphatic rings. The highest BCUT2D eigenvalue weighted by molar-refractivity contribution is 5.95. The van der Waals surface area contributed by atoms with Crippen LogP contribution in [0.4, 0.5) is 5.69 Å². The molecule has 0 spiro atoms. The molecule has 2 aliphatic heterocycles. The predicted octanol–water partition coefficient (Wildman–Crippen LogP) is 1.92. The van der Waals surface area contributed by atoms with Gasteiger partial charge in [0, 0.05) is 18.4 Å². The van der Waals surface area contributed by atoms with Crippen LogP contribution in [0.5, 0.6) is 11.5 Å². The molecule has 0 radical (unpaired) electrons. The van der Waals surface area contributed by atoms with Gasteiger partial charge in [-0.2, -0.15) is 0 Å². The SMILES string of the molecule is O=C(Cn1c(=O)n(Cc2ccc3c(c2)OCO3)c(=O)c2ncccc21)N1CCc2ccccc21. The van der Waals surface area contributed by atoms with Gasteiger partial charge in [-0.1, -0.05) is 24.3 Å². The summed E-state index contributed by atoms with van der Waals surface area (Å²) in [5, 5.41) is 0. The highest BCUT2D eigenvalue weighted by atomic mass is 16.7. The molecule has 170 valence electrons. The van der Waals surface area contributed by atoms with Gasteiger partial charge in [0.25, 0.3) is 5.56 Å². The van der Waals surface area contributed by atoms with Crippen molar-refractivity contribution in [1.29, 1.82) is 0 Å². The third kappa shape index (κ3) is 3.24. The molecule has 4 aromatic rings. The first kappa shape index (κ1) is 20.2. The van der Waals surface area contributed by atoms with Crippen LogP contribution >= 0.6 is 0 Å². The van der Waals surface area contributed by atoms with Gasteiger partial charge < -0.3 is 14.4 Å². The van der Waals surface area contributed by atoms with Crippen LogP contribution in [0, 0.1) is 0 Å². The van der Waals surface area contributed by atoms with Crippen molar-refractivity contribution in [3.05, 3.63) is 92.8 Å². The molecule has 1 amide bonds. The van der Waals surface area contributed by atoms with Crippen molar-refractivity contribution in [3.8, 4) is 11.5 Å². The van der Waals surface area contributed by atoms with E-state index in [2.05, 4.69) is 4.98 Å². The number of ether oxygens (including phenoxy) is 2. The number of hydrogen-bond donors (Lipinski definition) is 0. The predicted molar refractivity (Wildman–Crippen MR) is 124 cm³/mol. The molecule has 34 heavy (non-hydrogen) atoms. The van der Waals surface area contributed by atoms with Gasteiger partial charge in [0.2, 0.25) is 12.7 Å². The normalized spacial score (nSPS) is 13.9. The van der Waals surface area contributed by atoms with E-state index in [4.69, 9.17) is 9.47 Å². The Morgan fingerprint density at radius 2 is 1.82 bits per heavy atom. The summed E-state index contributed by atoms with van der Waals surface area (Å²) in [6, 6.07) is 16.3. The minimum Gasteiger partial charge on any atom is -0.454 e. The highest BCUT2D eigenvalue weighted by Gasteiger charge is 2.26. The maximum atomic E-state index is 13.5. The summed E-state index contributed by atoms with van der Waals surface area (Å²) in [6.07, 6.45) is 2.27. The lowest BCUT2D eigenvalue weighted by molar-refractivity contribution is -0.119. The number of para-hydroxylation sites is 1. The van der Waals surface area contributed by atoms with E-state index in [0.29, 0.717) is 29.1 Å². The Morgan fingerprint density at radius 1 is 0.971 bits per heavy atom. The van der Waals surface area contributed by atoms with Crippen molar-refractivity contribution in [2.24, 2.45) is 0 Å². The van der Waals surface area contributed by atoms with Crippen molar-refractivity contribution < 1.29 is 14.3 Å². The van der Waals surface area contributed by atoms with E-state index in [1.807, 2.05) is 24.3 Å². The molecule has 0 atom stereocenters. The van der Waals surface area contributed by atoms with Crippen molar-refractivity contribution in [3.63, 3.8) is 0 Å². The minimum atomic E-state index is -0.566. The second kappa shape index (κ2) is 7.87. The van der Waals surface area contributed by atoms with Gasteiger partial charge in [-0.05, 0) is 47.9 Å². The van der Waals surface area contributed by atoms with Gasteiger partial charge in [-0.25, -0.2) is 9.78 Å². The summed E-state index contributed by atoms with van der Waals surface area (Å²) >= 11 is 0. The molecule has 0 saturated heterocycles. The van der Waals surface area contributed by atoms with Gasteiger partial charge in [-0.3, -0.25) is 18.7 Å². The monoisotopic (exact) mass is 456 g/mol. The van der Waals surface area contributed by atoms with Crippen molar-refractivity contribution >= 4 is 22.6 Å². The average Bonchev–Trinajstić information content (AvgIpc) is 3.51. The van der Waals surface area contributed by atoms with E-state index in [0.717, 1.165) is 22.2 Å². The maximum Gasteiger partial charge on any atom is 0.332 e. The van der Waals surface area contributed by atoms with Crippen LogP contribution in [0.25, 0.3) is 11.0 Å². The van der Waals surface area contributed by atoms with Crippen molar-refractivity contribution in [1.82, 2.24) is 14.1 Å². The van der Waals surface area contributed by atoms with Crippen LogP contribution in [-0.4, -0.2) is 33.4 Å². The first-order valence-corrected chi connectivity index (χ1v) is 11.0. The zero-order valence-corrected chi connectivity index (χ0v) is 18.1. The fourth-order valence-electron chi connectivity index (χ4n) is 4.57. The summed E-state index contributed by atoms with van der Waals surface area (Å²) in [5.41, 5.74) is 2.06. The number of pyridine rings is 1. The number of aromatic nitrogens is 3. The number of anilines is 1. The summed E-state index contributed by atoms with van der Waals surface area (Å²) < 4.78 is 13.2. The molecule has 9 heteroatoms. The van der Waals surface area contributed by atoms with Crippen LogP contribution in [0.1, 0.15) is 11.1 Å². The summed E-state index contributed by atoms with van der Waals surface area (Å²) in [7, 11) is 0. The number of amides is 1. The number of carbonyl (C=O) groups excluding carboxylic acids is 1. The number of fused-ring (bicyclic) bond motifs is 3. The van der Waals surface area contributed by atoms with Gasteiger partial charge >= 0.3 is 5.69 Å². The topological polar surface area (TPSA) is 95.7 Å². The summed E-state index contributed by atoms with van der Waals surface area (Å²) in [4.78, 5) is 45.9. The number of carbonyl (C=O) groups is 1. The van der Waals surface area contributed by atoms with E-state index in [1.54, 1.807) is 35.2 Å². The lowest BCUT2D eigenvalue weighted by Gasteiger charge is -2.19. The van der Waals surface area contributed by atoms with E-state index in [-0.39, 0.29) is 31.3 Å². The van der Waals surface area contributed by atoms with Crippen LogP contribution in [-0.2, 0) is 24.3 Å². The van der Waals surface area contributed by atoms with E-state index >= 15 is 0 Å². The Balaban J connectivity index is 1.41. The number of benzene rings is 2. The molecule has 0 bridgehead atoms. The van der Waals surface area contributed by atoms with Crippen LogP contribution in [0.3, 0.4) is 0 Å². The molecule has 9 nitrogen and oxygen atoms in total. The third-order valence-corrected chi connectivity index (χ3v) is 6.25. The van der Waals surface area contributed by atoms with E-state index in [1.165, 1.54) is 10.8 Å². The van der Waals surface area contributed by atoms with E-state index in [9.17, 15) is 14.4 Å². The van der Waals surface area contributed by atoms with Crippen LogP contribution in [0.2, 0.25) is 0 Å². The minimum absolute atomic E-state index is 0.0154. The molecule has 4 heterocycles. The maximum absolute atomic E-state index is 13.5. The summed E-state index contributed by atoms with van der Waals surface area (Å²) in [6.45, 7) is 0.505. The average molecular weight is 456 g/mol. The summed E-state index contributed by atoms with van der Waals surface area (Å²) in [5.74, 6) is 0.961. The third-order valence-electron chi connectivity index (χ3n) is 6.25. The standard InChI is InChI=1S/C25H20N4O5/c30-22(27-11-9-17-4-1-2-5-18(17)27)14-28-19-6-3-10-26-23(19)24(31)29(25(28)32)13-16-7-8-20-21(12-16)34-15-33-20/h1-8,10,12H,9,11,13-15H2. The molecule has 2 aromatic heterocycles. The van der Waals surface area contributed by atoms with Crippen LogP contribution < -0.4 is 25.6 Å². The van der Waals surface area contributed by atoms with Crippen LogP contribution in [0.15, 0.2) is 70.4 Å². The Kier molecular flexibility index (Phi) is 4.68. The van der Waals surface area contributed by atoms with Crippen molar-refractivity contribution in [2.75, 3.05) is 18.2 Å². The quantitative estimate of drug-likeness (QED) is 0.466. The smallest absolute Gasteiger partial charge is 0.332 e. The lowest BCUT2D eigenvalue weighted by Crippen LogP contribution is -2.43. The molecule has 2 aromatic carbocycles. The number of rotatable bonds is 4. The Morgan fingerprint density at radius 3 is 2.74 bits per heavy atom. The highest BCUT2D eigenvalue weighted by Crippen LogP contribution is 2.32. The fourth-order valence-corrected chi connectivity index (χ4v) is 4.57. The first-order valence-electron chi connectivity index (χ1n) is 11.0. The molecule has 0 saturated carbocycles. The molecule has 6 rings (SSSR count). The molecular formula is C25H20N4O5. The largest absolute Gasteiger partial charge is 0.454 e. The van der Waals surface area contributed by atoms with Gasteiger partial charge in [0.05, 0.1) is 12.1 Å². The number of hydrogen-bond acceptors (Lipinski definition) is 6. The second-order valence-electron chi connectivity index (χ2n) is 8.24. The zero-order valence-electron chi connectivity index (χ0n) is 18.1. The lowest BCUT2D eigenvalue weighted by atomic mass is 10.2. The molecule has 0 fully saturated rings. The van der Waals surface area contributed by atoms with Gasteiger partial charge in [0.1, 0.15) is 6.54 Å². The Bertz CT molecular complexity index is 1570. The fraction of sp³-hybridized carbons (Fsp3) is 0.200. The van der Waals surface area contributed by atoms with Gasteiger partial charge in [0.15, 0.2) is 17.0 Å². The molecule has 0 N–H and O–H groups in total. The number of nitrogens with zero attached hydrogens (tertiary/aromatic N) is 4. The van der Waals surface area contributed by atoms with Gasteiger partial charge in [-0.15, -0.1) is 0 Å². The Labute approximate surface area is 193 Å². The zero-order chi connectivity index (χ0) is 23.2. The molecular weight excluding hydrogens is 436 g/mol.